The van der Waals surface area contributed by atoms with Crippen LogP contribution in [0.5, 0.6) is 0 Å². The van der Waals surface area contributed by atoms with Crippen LogP contribution in [0, 0.1) is 17.8 Å². The van der Waals surface area contributed by atoms with E-state index in [1.807, 2.05) is 0 Å². The molecular weight excluding hydrogens is 206 g/mol. The molecule has 0 radical (unpaired) electrons. The van der Waals surface area contributed by atoms with E-state index in [4.69, 9.17) is 5.73 Å². The van der Waals surface area contributed by atoms with Crippen molar-refractivity contribution in [3.63, 3.8) is 0 Å². The van der Waals surface area contributed by atoms with Crippen LogP contribution in [-0.2, 0) is 10.8 Å². The van der Waals surface area contributed by atoms with Gasteiger partial charge in [0.05, 0.1) is 0 Å². The first-order valence-electron chi connectivity index (χ1n) is 6.30. The highest BCUT2D eigenvalue weighted by atomic mass is 32.2. The summed E-state index contributed by atoms with van der Waals surface area (Å²) >= 11 is 0. The molecule has 4 rings (SSSR count). The zero-order valence-electron chi connectivity index (χ0n) is 9.28. The summed E-state index contributed by atoms with van der Waals surface area (Å²) in [4.78, 5) is 0. The lowest BCUT2D eigenvalue weighted by Gasteiger charge is -2.56. The second kappa shape index (κ2) is 3.56. The fourth-order valence-electron chi connectivity index (χ4n) is 4.63. The van der Waals surface area contributed by atoms with Crippen molar-refractivity contribution in [2.45, 2.75) is 43.3 Å². The first-order chi connectivity index (χ1) is 7.22. The molecule has 4 bridgehead atoms. The van der Waals surface area contributed by atoms with Crippen molar-refractivity contribution >= 4 is 10.8 Å². The molecule has 0 heterocycles. The first kappa shape index (κ1) is 10.3. The summed E-state index contributed by atoms with van der Waals surface area (Å²) in [5, 5.41) is 0. The summed E-state index contributed by atoms with van der Waals surface area (Å²) in [5.41, 5.74) is 5.56. The molecule has 86 valence electrons. The van der Waals surface area contributed by atoms with Gasteiger partial charge in [0.15, 0.2) is 0 Å². The summed E-state index contributed by atoms with van der Waals surface area (Å²) in [6.07, 6.45) is 8.01. The van der Waals surface area contributed by atoms with Crippen LogP contribution in [0.1, 0.15) is 38.5 Å². The molecule has 4 saturated carbocycles. The van der Waals surface area contributed by atoms with Crippen LogP contribution in [0.3, 0.4) is 0 Å². The van der Waals surface area contributed by atoms with E-state index in [0.29, 0.717) is 6.54 Å². The molecule has 0 amide bonds. The molecule has 1 unspecified atom stereocenters. The molecule has 0 aromatic rings. The number of hydrogen-bond donors (Lipinski definition) is 1. The Labute approximate surface area is 94.5 Å². The van der Waals surface area contributed by atoms with Crippen LogP contribution in [0.2, 0.25) is 0 Å². The molecule has 4 aliphatic rings. The Morgan fingerprint density at radius 3 is 1.93 bits per heavy atom. The van der Waals surface area contributed by atoms with Crippen molar-refractivity contribution in [2.75, 3.05) is 12.3 Å². The predicted octanol–water partition coefficient (Wildman–Crippen LogP) is 1.66. The third-order valence-corrected chi connectivity index (χ3v) is 6.84. The van der Waals surface area contributed by atoms with Gasteiger partial charge >= 0.3 is 0 Å². The Balaban J connectivity index is 1.83. The van der Waals surface area contributed by atoms with Crippen LogP contribution in [0.15, 0.2) is 0 Å². The molecule has 4 fully saturated rings. The zero-order valence-corrected chi connectivity index (χ0v) is 10.1. The molecule has 0 saturated heterocycles. The van der Waals surface area contributed by atoms with E-state index < -0.39 is 10.8 Å². The van der Waals surface area contributed by atoms with E-state index in [-0.39, 0.29) is 4.75 Å². The van der Waals surface area contributed by atoms with E-state index in [1.54, 1.807) is 0 Å². The summed E-state index contributed by atoms with van der Waals surface area (Å²) in [7, 11) is -0.650. The molecule has 0 aromatic carbocycles. The van der Waals surface area contributed by atoms with E-state index in [2.05, 4.69) is 0 Å². The number of rotatable bonds is 3. The topological polar surface area (TPSA) is 43.1 Å². The van der Waals surface area contributed by atoms with Gasteiger partial charge in [-0.15, -0.1) is 0 Å². The highest BCUT2D eigenvalue weighted by Crippen LogP contribution is 2.57. The van der Waals surface area contributed by atoms with Crippen molar-refractivity contribution in [1.29, 1.82) is 0 Å². The highest BCUT2D eigenvalue weighted by molar-refractivity contribution is 7.86. The molecule has 3 heteroatoms. The second-order valence-electron chi connectivity index (χ2n) is 5.94. The Morgan fingerprint density at radius 2 is 1.53 bits per heavy atom. The minimum Gasteiger partial charge on any atom is -0.330 e. The molecule has 4 aliphatic carbocycles. The summed E-state index contributed by atoms with van der Waals surface area (Å²) < 4.78 is 12.5. The van der Waals surface area contributed by atoms with E-state index in [1.165, 1.54) is 38.5 Å². The normalized spacial score (nSPS) is 49.5. The molecule has 15 heavy (non-hydrogen) atoms. The fraction of sp³-hybridized carbons (Fsp3) is 1.00. The third-order valence-electron chi connectivity index (χ3n) is 4.77. The van der Waals surface area contributed by atoms with E-state index in [9.17, 15) is 4.21 Å². The van der Waals surface area contributed by atoms with Gasteiger partial charge in [-0.2, -0.15) is 0 Å². The molecule has 0 aliphatic heterocycles. The SMILES string of the molecule is NCCS(=O)C12CC3CC(CC(C3)C1)C2. The Morgan fingerprint density at radius 1 is 1.07 bits per heavy atom. The van der Waals surface area contributed by atoms with Gasteiger partial charge in [0.2, 0.25) is 0 Å². The van der Waals surface area contributed by atoms with Gasteiger partial charge in [-0.1, -0.05) is 0 Å². The van der Waals surface area contributed by atoms with Crippen molar-refractivity contribution < 1.29 is 4.21 Å². The third kappa shape index (κ3) is 1.59. The second-order valence-corrected chi connectivity index (χ2v) is 7.90. The highest BCUT2D eigenvalue weighted by Gasteiger charge is 2.53. The Hall–Kier alpha value is 0.110. The Bertz CT molecular complexity index is 254. The van der Waals surface area contributed by atoms with Crippen LogP contribution in [-0.4, -0.2) is 21.3 Å². The van der Waals surface area contributed by atoms with Gasteiger partial charge in [-0.25, -0.2) is 0 Å². The maximum atomic E-state index is 12.3. The van der Waals surface area contributed by atoms with E-state index in [0.717, 1.165) is 23.5 Å². The predicted molar refractivity (Wildman–Crippen MR) is 63.0 cm³/mol. The molecule has 1 atom stereocenters. The molecule has 0 aromatic heterocycles. The van der Waals surface area contributed by atoms with Crippen LogP contribution in [0.25, 0.3) is 0 Å². The number of hydrogen-bond acceptors (Lipinski definition) is 2. The summed E-state index contributed by atoms with van der Waals surface area (Å²) in [6, 6.07) is 0. The average Bonchev–Trinajstić information content (AvgIpc) is 2.15. The van der Waals surface area contributed by atoms with Gasteiger partial charge < -0.3 is 5.73 Å². The molecular formula is C12H21NOS. The minimum absolute atomic E-state index is 0.202. The molecule has 2 nitrogen and oxygen atoms in total. The lowest BCUT2D eigenvalue weighted by atomic mass is 9.56. The first-order valence-corrected chi connectivity index (χ1v) is 7.62. The van der Waals surface area contributed by atoms with Gasteiger partial charge in [0.1, 0.15) is 0 Å². The quantitative estimate of drug-likeness (QED) is 0.797. The summed E-state index contributed by atoms with van der Waals surface area (Å²) in [5.74, 6) is 3.43. The van der Waals surface area contributed by atoms with Crippen LogP contribution < -0.4 is 5.73 Å². The van der Waals surface area contributed by atoms with Gasteiger partial charge in [-0.05, 0) is 56.3 Å². The number of nitrogens with two attached hydrogens (primary N) is 1. The molecule has 2 N–H and O–H groups in total. The van der Waals surface area contributed by atoms with Gasteiger partial charge in [0, 0.05) is 27.8 Å². The lowest BCUT2D eigenvalue weighted by Crippen LogP contribution is -2.53. The lowest BCUT2D eigenvalue weighted by molar-refractivity contribution is 0.0361. The maximum absolute atomic E-state index is 12.3. The van der Waals surface area contributed by atoms with Crippen molar-refractivity contribution in [3.8, 4) is 0 Å². The van der Waals surface area contributed by atoms with Crippen molar-refractivity contribution in [1.82, 2.24) is 0 Å². The Kier molecular flexibility index (Phi) is 2.44. The van der Waals surface area contributed by atoms with Crippen molar-refractivity contribution in [2.24, 2.45) is 23.5 Å². The fourth-order valence-corrected chi connectivity index (χ4v) is 6.55. The monoisotopic (exact) mass is 227 g/mol. The minimum atomic E-state index is -0.650. The van der Waals surface area contributed by atoms with E-state index >= 15 is 0 Å². The van der Waals surface area contributed by atoms with Crippen molar-refractivity contribution in [3.05, 3.63) is 0 Å². The standard InChI is InChI=1S/C12H21NOS/c13-1-2-15(14)12-6-9-3-10(7-12)5-11(4-9)8-12/h9-11H,1-8,13H2. The van der Waals surface area contributed by atoms with Gasteiger partial charge in [-0.3, -0.25) is 4.21 Å². The zero-order chi connectivity index (χ0) is 10.5. The maximum Gasteiger partial charge on any atom is 0.0467 e. The van der Waals surface area contributed by atoms with Crippen LogP contribution >= 0.6 is 0 Å². The largest absolute Gasteiger partial charge is 0.330 e. The van der Waals surface area contributed by atoms with Crippen LogP contribution in [0.4, 0.5) is 0 Å². The van der Waals surface area contributed by atoms with Gasteiger partial charge in [0.25, 0.3) is 0 Å². The molecule has 0 spiro atoms. The summed E-state index contributed by atoms with van der Waals surface area (Å²) in [6.45, 7) is 0.592. The average molecular weight is 227 g/mol. The smallest absolute Gasteiger partial charge is 0.0467 e.